The number of rotatable bonds is 3. The lowest BCUT2D eigenvalue weighted by Gasteiger charge is -2.38. The maximum atomic E-state index is 13.8. The summed E-state index contributed by atoms with van der Waals surface area (Å²) in [5.41, 5.74) is 14.8. The molecule has 0 spiro atoms. The number of anilines is 1. The Kier molecular flexibility index (Phi) is 4.86. The number of fused-ring (bicyclic) bond motifs is 2. The van der Waals surface area contributed by atoms with E-state index in [1.807, 2.05) is 17.0 Å². The monoisotopic (exact) mass is 455 g/mol. The molecule has 5 rings (SSSR count). The van der Waals surface area contributed by atoms with Crippen LogP contribution in [0.4, 0.5) is 15.9 Å². The fourth-order valence-corrected chi connectivity index (χ4v) is 5.93. The molecule has 3 heterocycles. The third kappa shape index (κ3) is 3.30. The second kappa shape index (κ2) is 7.61. The van der Waals surface area contributed by atoms with Crippen molar-refractivity contribution < 1.29 is 12.8 Å². The molecular weight excluding hydrogens is 433 g/mol. The topological polar surface area (TPSA) is 134 Å². The van der Waals surface area contributed by atoms with Crippen LogP contribution in [0.5, 0.6) is 0 Å². The predicted molar refractivity (Wildman–Crippen MR) is 118 cm³/mol. The van der Waals surface area contributed by atoms with Crippen LogP contribution in [0.15, 0.2) is 64.6 Å². The SMILES string of the molecule is NC1=Nc2[nH]ncc2C(N)N1C1CCN(S(=O)(=O)c2cccc(F)c2)c2ccccc2C1. The molecule has 1 aromatic heterocycles. The highest BCUT2D eigenvalue weighted by Crippen LogP contribution is 2.36. The van der Waals surface area contributed by atoms with E-state index in [0.29, 0.717) is 24.3 Å². The molecule has 0 bridgehead atoms. The van der Waals surface area contributed by atoms with E-state index in [-0.39, 0.29) is 23.4 Å². The quantitative estimate of drug-likeness (QED) is 0.553. The van der Waals surface area contributed by atoms with Crippen LogP contribution in [0.1, 0.15) is 23.7 Å². The fourth-order valence-electron chi connectivity index (χ4n) is 4.38. The van der Waals surface area contributed by atoms with Crippen LogP contribution in [-0.2, 0) is 16.4 Å². The van der Waals surface area contributed by atoms with Crippen LogP contribution in [0.25, 0.3) is 0 Å². The fraction of sp³-hybridized carbons (Fsp3) is 0.238. The Morgan fingerprint density at radius 2 is 1.97 bits per heavy atom. The zero-order valence-electron chi connectivity index (χ0n) is 17.0. The number of guanidine groups is 1. The van der Waals surface area contributed by atoms with Crippen molar-refractivity contribution >= 4 is 27.5 Å². The summed E-state index contributed by atoms with van der Waals surface area (Å²) in [5, 5.41) is 6.77. The Morgan fingerprint density at radius 1 is 1.16 bits per heavy atom. The average Bonchev–Trinajstić information content (AvgIpc) is 3.14. The Morgan fingerprint density at radius 3 is 2.78 bits per heavy atom. The van der Waals surface area contributed by atoms with Crippen molar-refractivity contribution in [3.05, 3.63) is 71.7 Å². The molecule has 32 heavy (non-hydrogen) atoms. The first-order valence-electron chi connectivity index (χ1n) is 10.1. The summed E-state index contributed by atoms with van der Waals surface area (Å²) in [7, 11) is -3.98. The van der Waals surface area contributed by atoms with Crippen LogP contribution in [0.2, 0.25) is 0 Å². The first-order chi connectivity index (χ1) is 15.4. The number of aliphatic imine (C=N–C) groups is 1. The van der Waals surface area contributed by atoms with E-state index >= 15 is 0 Å². The number of aromatic nitrogens is 2. The van der Waals surface area contributed by atoms with Crippen molar-refractivity contribution in [2.45, 2.75) is 29.9 Å². The second-order valence-electron chi connectivity index (χ2n) is 7.81. The third-order valence-corrected chi connectivity index (χ3v) is 7.72. The number of halogens is 1. The molecule has 0 radical (unpaired) electrons. The summed E-state index contributed by atoms with van der Waals surface area (Å²) in [4.78, 5) is 6.09. The number of hydrogen-bond acceptors (Lipinski definition) is 7. The minimum Gasteiger partial charge on any atom is -0.369 e. The molecule has 0 amide bonds. The van der Waals surface area contributed by atoms with Gasteiger partial charge < -0.3 is 16.4 Å². The summed E-state index contributed by atoms with van der Waals surface area (Å²) < 4.78 is 42.0. The molecule has 0 fully saturated rings. The molecular formula is C21H22FN7O2S. The second-order valence-corrected chi connectivity index (χ2v) is 9.67. The van der Waals surface area contributed by atoms with E-state index in [4.69, 9.17) is 11.5 Å². The Bertz CT molecular complexity index is 1310. The normalized spacial score (nSPS) is 20.9. The molecule has 0 saturated carbocycles. The minimum absolute atomic E-state index is 0.0930. The van der Waals surface area contributed by atoms with Gasteiger partial charge in [-0.2, -0.15) is 10.1 Å². The number of sulfonamides is 1. The van der Waals surface area contributed by atoms with Crippen LogP contribution in [0, 0.1) is 5.82 Å². The van der Waals surface area contributed by atoms with Gasteiger partial charge in [0.25, 0.3) is 10.0 Å². The van der Waals surface area contributed by atoms with Gasteiger partial charge in [-0.15, -0.1) is 0 Å². The molecule has 5 N–H and O–H groups in total. The van der Waals surface area contributed by atoms with E-state index in [0.717, 1.165) is 17.2 Å². The summed E-state index contributed by atoms with van der Waals surface area (Å²) >= 11 is 0. The maximum Gasteiger partial charge on any atom is 0.264 e. The maximum absolute atomic E-state index is 13.8. The molecule has 0 saturated heterocycles. The number of H-pyrrole nitrogens is 1. The third-order valence-electron chi connectivity index (χ3n) is 5.92. The van der Waals surface area contributed by atoms with Gasteiger partial charge in [-0.3, -0.25) is 9.40 Å². The molecule has 2 aliphatic rings. The molecule has 2 aromatic carbocycles. The Hall–Kier alpha value is -3.44. The lowest BCUT2D eigenvalue weighted by molar-refractivity contribution is 0.226. The minimum atomic E-state index is -3.98. The number of benzene rings is 2. The van der Waals surface area contributed by atoms with Gasteiger partial charge in [-0.25, -0.2) is 12.8 Å². The zero-order valence-corrected chi connectivity index (χ0v) is 17.8. The molecule has 166 valence electrons. The molecule has 9 nitrogen and oxygen atoms in total. The van der Waals surface area contributed by atoms with Gasteiger partial charge >= 0.3 is 0 Å². The number of nitrogens with two attached hydrogens (primary N) is 2. The van der Waals surface area contributed by atoms with E-state index in [1.54, 1.807) is 18.3 Å². The Balaban J connectivity index is 1.53. The summed E-state index contributed by atoms with van der Waals surface area (Å²) in [6.45, 7) is 0.176. The predicted octanol–water partition coefficient (Wildman–Crippen LogP) is 1.98. The lowest BCUT2D eigenvalue weighted by Crippen LogP contribution is -2.52. The van der Waals surface area contributed by atoms with Gasteiger partial charge in [-0.1, -0.05) is 24.3 Å². The highest BCUT2D eigenvalue weighted by Gasteiger charge is 2.37. The van der Waals surface area contributed by atoms with Crippen LogP contribution in [0.3, 0.4) is 0 Å². The van der Waals surface area contributed by atoms with Crippen molar-refractivity contribution in [3.8, 4) is 0 Å². The molecule has 2 unspecified atom stereocenters. The first-order valence-corrected chi connectivity index (χ1v) is 11.6. The van der Waals surface area contributed by atoms with Gasteiger partial charge in [0, 0.05) is 12.6 Å². The highest BCUT2D eigenvalue weighted by molar-refractivity contribution is 7.92. The van der Waals surface area contributed by atoms with Gasteiger partial charge in [-0.05, 0) is 42.7 Å². The summed E-state index contributed by atoms with van der Waals surface area (Å²) in [5.74, 6) is 0.167. The van der Waals surface area contributed by atoms with Crippen LogP contribution >= 0.6 is 0 Å². The van der Waals surface area contributed by atoms with Gasteiger partial charge in [0.05, 0.1) is 22.3 Å². The van der Waals surface area contributed by atoms with Crippen molar-refractivity contribution in [2.24, 2.45) is 16.5 Å². The van der Waals surface area contributed by atoms with Gasteiger partial charge in [0.15, 0.2) is 11.8 Å². The van der Waals surface area contributed by atoms with Gasteiger partial charge in [0.2, 0.25) is 0 Å². The number of nitrogens with one attached hydrogen (secondary N) is 1. The largest absolute Gasteiger partial charge is 0.369 e. The van der Waals surface area contributed by atoms with Crippen LogP contribution in [-0.4, -0.2) is 42.1 Å². The van der Waals surface area contributed by atoms with E-state index in [9.17, 15) is 12.8 Å². The summed E-state index contributed by atoms with van der Waals surface area (Å²) in [6.07, 6.45) is 2.02. The number of aromatic amines is 1. The number of para-hydroxylation sites is 1. The van der Waals surface area contributed by atoms with Crippen LogP contribution < -0.4 is 15.8 Å². The van der Waals surface area contributed by atoms with Gasteiger partial charge in [0.1, 0.15) is 12.0 Å². The standard InChI is InChI=1S/C21H22FN7O2S/c22-14-5-3-6-16(11-14)32(30,31)28-9-8-15(10-13-4-1-2-7-18(13)28)29-19(23)17-12-25-27-20(17)26-21(29)24/h1-7,11-12,15,19H,8-10,23H2,(H3,24,25,26,27). The number of nitrogens with zero attached hydrogens (tertiary/aromatic N) is 4. The van der Waals surface area contributed by atoms with Crippen molar-refractivity contribution in [2.75, 3.05) is 10.8 Å². The molecule has 3 aromatic rings. The average molecular weight is 456 g/mol. The molecule has 2 aliphatic heterocycles. The molecule has 0 aliphatic carbocycles. The van der Waals surface area contributed by atoms with E-state index in [1.165, 1.54) is 22.5 Å². The van der Waals surface area contributed by atoms with E-state index in [2.05, 4.69) is 15.2 Å². The van der Waals surface area contributed by atoms with Crippen molar-refractivity contribution in [3.63, 3.8) is 0 Å². The lowest BCUT2D eigenvalue weighted by atomic mass is 10.0. The van der Waals surface area contributed by atoms with Crippen molar-refractivity contribution in [1.82, 2.24) is 15.1 Å². The molecule has 11 heteroatoms. The van der Waals surface area contributed by atoms with E-state index < -0.39 is 22.0 Å². The number of hydrogen-bond donors (Lipinski definition) is 3. The highest BCUT2D eigenvalue weighted by atomic mass is 32.2. The first kappa shape index (κ1) is 20.5. The smallest absolute Gasteiger partial charge is 0.264 e. The van der Waals surface area contributed by atoms with Crippen molar-refractivity contribution in [1.29, 1.82) is 0 Å². The summed E-state index contributed by atoms with van der Waals surface area (Å²) in [6, 6.07) is 12.1. The Labute approximate surface area is 184 Å². The zero-order chi connectivity index (χ0) is 22.5. The molecule has 2 atom stereocenters.